The second-order valence-electron chi connectivity index (χ2n) is 6.21. The molecule has 1 aromatic rings. The fourth-order valence-corrected chi connectivity index (χ4v) is 3.01. The first-order valence-corrected chi connectivity index (χ1v) is 9.07. The van der Waals surface area contributed by atoms with Gasteiger partial charge in [0.2, 0.25) is 5.75 Å². The summed E-state index contributed by atoms with van der Waals surface area (Å²) >= 11 is 0. The molecule has 10 nitrogen and oxygen atoms in total. The van der Waals surface area contributed by atoms with Crippen LogP contribution in [0.5, 0.6) is 17.2 Å². The zero-order chi connectivity index (χ0) is 21.0. The van der Waals surface area contributed by atoms with Crippen LogP contribution in [0.15, 0.2) is 23.4 Å². The van der Waals surface area contributed by atoms with Crippen LogP contribution in [0.3, 0.4) is 0 Å². The van der Waals surface area contributed by atoms with Crippen LogP contribution < -0.4 is 24.8 Å². The summed E-state index contributed by atoms with van der Waals surface area (Å²) in [7, 11) is 1.45. The van der Waals surface area contributed by atoms with Crippen molar-refractivity contribution in [2.75, 3.05) is 33.5 Å². The average Bonchev–Trinajstić information content (AvgIpc) is 2.70. The molecule has 29 heavy (non-hydrogen) atoms. The van der Waals surface area contributed by atoms with E-state index in [1.807, 2.05) is 0 Å². The fourth-order valence-electron chi connectivity index (χ4n) is 3.01. The first kappa shape index (κ1) is 20.3. The van der Waals surface area contributed by atoms with E-state index in [1.165, 1.54) is 19.2 Å². The highest BCUT2D eigenvalue weighted by atomic mass is 16.6. The van der Waals surface area contributed by atoms with E-state index < -0.39 is 24.0 Å². The second kappa shape index (κ2) is 8.72. The summed E-state index contributed by atoms with van der Waals surface area (Å²) in [6.07, 6.45) is 0. The molecular weight excluding hydrogens is 384 g/mol. The normalized spacial score (nSPS) is 17.8. The number of hydrogen-bond donors (Lipinski definition) is 2. The minimum Gasteiger partial charge on any atom is -0.493 e. The van der Waals surface area contributed by atoms with Gasteiger partial charge in [-0.15, -0.1) is 0 Å². The van der Waals surface area contributed by atoms with Crippen LogP contribution in [0.2, 0.25) is 0 Å². The average molecular weight is 406 g/mol. The number of methoxy groups -OCH3 is 1. The topological polar surface area (TPSA) is 121 Å². The second-order valence-corrected chi connectivity index (χ2v) is 6.21. The molecule has 2 amide bonds. The van der Waals surface area contributed by atoms with Crippen molar-refractivity contribution in [1.29, 1.82) is 0 Å². The SMILES string of the molecule is CCOC(=O)C1=C(COC(=O)c2cc(OC)c3c(c2)OCCO3)NC(=O)NC1C. The van der Waals surface area contributed by atoms with Crippen LogP contribution in [-0.4, -0.2) is 57.5 Å². The first-order valence-electron chi connectivity index (χ1n) is 9.07. The van der Waals surface area contributed by atoms with Crippen molar-refractivity contribution < 1.29 is 38.1 Å². The summed E-state index contributed by atoms with van der Waals surface area (Å²) in [5.74, 6) is -0.153. The van der Waals surface area contributed by atoms with Crippen LogP contribution >= 0.6 is 0 Å². The molecule has 10 heteroatoms. The van der Waals surface area contributed by atoms with Crippen molar-refractivity contribution >= 4 is 18.0 Å². The lowest BCUT2D eigenvalue weighted by Crippen LogP contribution is -2.50. The lowest BCUT2D eigenvalue weighted by molar-refractivity contribution is -0.139. The molecule has 1 atom stereocenters. The van der Waals surface area contributed by atoms with Gasteiger partial charge in [-0.1, -0.05) is 0 Å². The minimum absolute atomic E-state index is 0.164. The van der Waals surface area contributed by atoms with Crippen LogP contribution in [0.4, 0.5) is 4.79 Å². The van der Waals surface area contributed by atoms with E-state index in [0.29, 0.717) is 30.5 Å². The smallest absolute Gasteiger partial charge is 0.338 e. The van der Waals surface area contributed by atoms with Gasteiger partial charge in [-0.05, 0) is 26.0 Å². The summed E-state index contributed by atoms with van der Waals surface area (Å²) < 4.78 is 26.6. The molecule has 3 rings (SSSR count). The number of nitrogens with one attached hydrogen (secondary N) is 2. The molecule has 0 radical (unpaired) electrons. The fraction of sp³-hybridized carbons (Fsp3) is 0.421. The lowest BCUT2D eigenvalue weighted by atomic mass is 10.0. The molecule has 156 valence electrons. The van der Waals surface area contributed by atoms with Gasteiger partial charge in [-0.2, -0.15) is 0 Å². The van der Waals surface area contributed by atoms with E-state index in [-0.39, 0.29) is 30.0 Å². The Morgan fingerprint density at radius 3 is 2.66 bits per heavy atom. The van der Waals surface area contributed by atoms with E-state index in [2.05, 4.69) is 10.6 Å². The summed E-state index contributed by atoms with van der Waals surface area (Å²) in [6.45, 7) is 3.89. The third-order valence-corrected chi connectivity index (χ3v) is 4.28. The zero-order valence-corrected chi connectivity index (χ0v) is 16.3. The van der Waals surface area contributed by atoms with Gasteiger partial charge in [0, 0.05) is 0 Å². The molecule has 2 aliphatic heterocycles. The number of carbonyl (C=O) groups is 3. The number of ether oxygens (including phenoxy) is 5. The van der Waals surface area contributed by atoms with Gasteiger partial charge in [0.1, 0.15) is 19.8 Å². The molecule has 0 bridgehead atoms. The van der Waals surface area contributed by atoms with Crippen LogP contribution in [0.1, 0.15) is 24.2 Å². The number of urea groups is 1. The maximum atomic E-state index is 12.6. The highest BCUT2D eigenvalue weighted by molar-refractivity contribution is 5.95. The van der Waals surface area contributed by atoms with Crippen LogP contribution in [-0.2, 0) is 14.3 Å². The molecule has 0 saturated heterocycles. The Morgan fingerprint density at radius 1 is 1.17 bits per heavy atom. The predicted octanol–water partition coefficient (Wildman–Crippen LogP) is 1.14. The number of rotatable bonds is 6. The van der Waals surface area contributed by atoms with Crippen molar-refractivity contribution in [2.45, 2.75) is 19.9 Å². The maximum Gasteiger partial charge on any atom is 0.338 e. The Morgan fingerprint density at radius 2 is 1.93 bits per heavy atom. The van der Waals surface area contributed by atoms with E-state index in [9.17, 15) is 14.4 Å². The maximum absolute atomic E-state index is 12.6. The highest BCUT2D eigenvalue weighted by Gasteiger charge is 2.30. The van der Waals surface area contributed by atoms with E-state index in [4.69, 9.17) is 23.7 Å². The summed E-state index contributed by atoms with van der Waals surface area (Å²) in [4.78, 5) is 36.6. The number of amides is 2. The Balaban J connectivity index is 1.80. The zero-order valence-electron chi connectivity index (χ0n) is 16.3. The van der Waals surface area contributed by atoms with Crippen LogP contribution in [0.25, 0.3) is 0 Å². The van der Waals surface area contributed by atoms with Crippen molar-refractivity contribution in [3.63, 3.8) is 0 Å². The van der Waals surface area contributed by atoms with Crippen LogP contribution in [0, 0.1) is 0 Å². The highest BCUT2D eigenvalue weighted by Crippen LogP contribution is 2.40. The summed E-state index contributed by atoms with van der Waals surface area (Å²) in [5.41, 5.74) is 0.536. The van der Waals surface area contributed by atoms with Crippen molar-refractivity contribution in [1.82, 2.24) is 10.6 Å². The Bertz CT molecular complexity index is 847. The number of benzene rings is 1. The lowest BCUT2D eigenvalue weighted by Gasteiger charge is -2.26. The summed E-state index contributed by atoms with van der Waals surface area (Å²) in [6, 6.07) is 1.87. The molecule has 0 spiro atoms. The quantitative estimate of drug-likeness (QED) is 0.675. The van der Waals surface area contributed by atoms with E-state index >= 15 is 0 Å². The monoisotopic (exact) mass is 406 g/mol. The third-order valence-electron chi connectivity index (χ3n) is 4.28. The van der Waals surface area contributed by atoms with Gasteiger partial charge in [0.25, 0.3) is 0 Å². The molecule has 2 N–H and O–H groups in total. The minimum atomic E-state index is -0.684. The predicted molar refractivity (Wildman–Crippen MR) is 99.1 cm³/mol. The number of carbonyl (C=O) groups excluding carboxylic acids is 3. The Labute approximate surface area is 167 Å². The largest absolute Gasteiger partial charge is 0.493 e. The van der Waals surface area contributed by atoms with Gasteiger partial charge in [-0.3, -0.25) is 0 Å². The number of hydrogen-bond acceptors (Lipinski definition) is 8. The molecule has 0 aromatic heterocycles. The van der Waals surface area contributed by atoms with E-state index in [1.54, 1.807) is 13.8 Å². The Hall–Kier alpha value is -3.43. The molecule has 2 aliphatic rings. The molecule has 0 saturated carbocycles. The number of fused-ring (bicyclic) bond motifs is 1. The van der Waals surface area contributed by atoms with E-state index in [0.717, 1.165) is 0 Å². The third kappa shape index (κ3) is 4.36. The first-order chi connectivity index (χ1) is 13.9. The van der Waals surface area contributed by atoms with Gasteiger partial charge in [-0.25, -0.2) is 14.4 Å². The standard InChI is InChI=1S/C19H22N2O8/c1-4-26-18(23)15-10(2)20-19(24)21-12(15)9-29-17(22)11-7-13(25-3)16-14(8-11)27-5-6-28-16/h7-8,10H,4-6,9H2,1-3H3,(H2,20,21,24). The molecular formula is C19H22N2O8. The molecule has 0 fully saturated rings. The Kier molecular flexibility index (Phi) is 6.10. The molecule has 2 heterocycles. The van der Waals surface area contributed by atoms with Crippen molar-refractivity contribution in [3.05, 3.63) is 29.0 Å². The van der Waals surface area contributed by atoms with Gasteiger partial charge >= 0.3 is 18.0 Å². The van der Waals surface area contributed by atoms with Crippen molar-refractivity contribution in [2.24, 2.45) is 0 Å². The molecule has 0 aliphatic carbocycles. The van der Waals surface area contributed by atoms with Gasteiger partial charge in [0.15, 0.2) is 11.5 Å². The molecule has 1 aromatic carbocycles. The molecule has 1 unspecified atom stereocenters. The van der Waals surface area contributed by atoms with Crippen molar-refractivity contribution in [3.8, 4) is 17.2 Å². The number of esters is 2. The van der Waals surface area contributed by atoms with Gasteiger partial charge < -0.3 is 34.3 Å². The van der Waals surface area contributed by atoms with Gasteiger partial charge in [0.05, 0.1) is 36.6 Å². The summed E-state index contributed by atoms with van der Waals surface area (Å²) in [5, 5.41) is 5.07.